The van der Waals surface area contributed by atoms with Crippen LogP contribution in [0, 0.1) is 5.82 Å². The van der Waals surface area contributed by atoms with Crippen LogP contribution < -0.4 is 5.32 Å². The Bertz CT molecular complexity index is 397. The molecule has 0 radical (unpaired) electrons. The molecule has 1 N–H and O–H groups in total. The van der Waals surface area contributed by atoms with E-state index >= 15 is 0 Å². The van der Waals surface area contributed by atoms with Gasteiger partial charge in [-0.25, -0.2) is 4.39 Å². The summed E-state index contributed by atoms with van der Waals surface area (Å²) in [7, 11) is 0. The molecule has 1 fully saturated rings. The highest BCUT2D eigenvalue weighted by Crippen LogP contribution is 2.28. The van der Waals surface area contributed by atoms with Crippen LogP contribution in [0.4, 0.5) is 4.39 Å². The monoisotopic (exact) mass is 313 g/mol. The van der Waals surface area contributed by atoms with E-state index in [1.165, 1.54) is 19.3 Å². The Hall–Kier alpha value is -0.410. The van der Waals surface area contributed by atoms with Crippen molar-refractivity contribution in [2.75, 3.05) is 6.54 Å². The molecule has 1 saturated heterocycles. The van der Waals surface area contributed by atoms with Crippen molar-refractivity contribution >= 4 is 15.9 Å². The highest BCUT2D eigenvalue weighted by molar-refractivity contribution is 9.10. The Morgan fingerprint density at radius 2 is 2.17 bits per heavy atom. The Balaban J connectivity index is 2.18. The second-order valence-electron chi connectivity index (χ2n) is 5.28. The normalized spacial score (nSPS) is 24.8. The van der Waals surface area contributed by atoms with Crippen molar-refractivity contribution in [2.45, 2.75) is 51.0 Å². The van der Waals surface area contributed by atoms with Crippen molar-refractivity contribution in [1.82, 2.24) is 5.32 Å². The first-order valence-electron chi connectivity index (χ1n) is 6.84. The molecule has 18 heavy (non-hydrogen) atoms. The summed E-state index contributed by atoms with van der Waals surface area (Å²) in [4.78, 5) is 0. The molecular formula is C15H21BrFN. The average molecular weight is 314 g/mol. The van der Waals surface area contributed by atoms with Gasteiger partial charge in [-0.2, -0.15) is 0 Å². The molecule has 100 valence electrons. The van der Waals surface area contributed by atoms with Crippen molar-refractivity contribution in [3.63, 3.8) is 0 Å². The predicted octanol–water partition coefficient (Wildman–Crippen LogP) is 4.44. The van der Waals surface area contributed by atoms with Crippen LogP contribution in [0.15, 0.2) is 22.7 Å². The van der Waals surface area contributed by atoms with E-state index in [1.807, 2.05) is 12.1 Å². The Morgan fingerprint density at radius 3 is 2.89 bits per heavy atom. The molecule has 1 aliphatic heterocycles. The number of halogens is 2. The van der Waals surface area contributed by atoms with Gasteiger partial charge in [0.05, 0.1) is 0 Å². The smallest absolute Gasteiger partial charge is 0.127 e. The lowest BCUT2D eigenvalue weighted by Crippen LogP contribution is -2.46. The van der Waals surface area contributed by atoms with Crippen molar-refractivity contribution < 1.29 is 4.39 Å². The molecule has 0 aliphatic carbocycles. The summed E-state index contributed by atoms with van der Waals surface area (Å²) in [5.41, 5.74) is 0.917. The summed E-state index contributed by atoms with van der Waals surface area (Å²) in [5.74, 6) is -0.0942. The van der Waals surface area contributed by atoms with Crippen LogP contribution in [0.3, 0.4) is 0 Å². The van der Waals surface area contributed by atoms with Crippen LogP contribution in [-0.2, 0) is 6.42 Å². The highest BCUT2D eigenvalue weighted by atomic mass is 79.9. The van der Waals surface area contributed by atoms with Gasteiger partial charge < -0.3 is 5.32 Å². The standard InChI is InChI=1S/C15H21BrFN/c1-2-15(8-4-3-5-9-18-15)11-12-6-7-13(16)10-14(12)17/h6-7,10,18H,2-5,8-9,11H2,1H3. The maximum Gasteiger partial charge on any atom is 0.127 e. The molecule has 1 aromatic carbocycles. The second-order valence-corrected chi connectivity index (χ2v) is 6.20. The third-order valence-corrected chi connectivity index (χ3v) is 4.55. The average Bonchev–Trinajstić information content (AvgIpc) is 2.59. The summed E-state index contributed by atoms with van der Waals surface area (Å²) in [6, 6.07) is 5.40. The van der Waals surface area contributed by atoms with E-state index in [1.54, 1.807) is 6.07 Å². The molecule has 3 heteroatoms. The van der Waals surface area contributed by atoms with Crippen LogP contribution in [-0.4, -0.2) is 12.1 Å². The summed E-state index contributed by atoms with van der Waals surface area (Å²) in [5, 5.41) is 3.66. The molecule has 1 aliphatic rings. The first kappa shape index (κ1) is 14.0. The Kier molecular flexibility index (Phi) is 4.79. The minimum Gasteiger partial charge on any atom is -0.311 e. The van der Waals surface area contributed by atoms with E-state index in [0.717, 1.165) is 35.8 Å². The van der Waals surface area contributed by atoms with Crippen molar-refractivity contribution in [1.29, 1.82) is 0 Å². The van der Waals surface area contributed by atoms with Crippen LogP contribution in [0.2, 0.25) is 0 Å². The number of hydrogen-bond acceptors (Lipinski definition) is 1. The fourth-order valence-corrected chi connectivity index (χ4v) is 3.15. The molecule has 1 nitrogen and oxygen atoms in total. The molecule has 0 aromatic heterocycles. The van der Waals surface area contributed by atoms with Gasteiger partial charge in [0.15, 0.2) is 0 Å². The zero-order chi connectivity index (χ0) is 13.0. The molecule has 0 bridgehead atoms. The van der Waals surface area contributed by atoms with Gasteiger partial charge in [0.2, 0.25) is 0 Å². The van der Waals surface area contributed by atoms with Gasteiger partial charge in [0.1, 0.15) is 5.82 Å². The molecule has 1 aromatic rings. The van der Waals surface area contributed by atoms with E-state index in [2.05, 4.69) is 28.2 Å². The minimum atomic E-state index is -0.0942. The van der Waals surface area contributed by atoms with Crippen molar-refractivity contribution in [2.24, 2.45) is 0 Å². The first-order valence-corrected chi connectivity index (χ1v) is 7.63. The lowest BCUT2D eigenvalue weighted by atomic mass is 9.84. The zero-order valence-electron chi connectivity index (χ0n) is 10.9. The summed E-state index contributed by atoms with van der Waals surface area (Å²) in [6.07, 6.45) is 6.78. The van der Waals surface area contributed by atoms with Gasteiger partial charge in [-0.05, 0) is 49.9 Å². The van der Waals surface area contributed by atoms with Crippen LogP contribution in [0.25, 0.3) is 0 Å². The van der Waals surface area contributed by atoms with E-state index in [4.69, 9.17) is 0 Å². The number of nitrogens with one attached hydrogen (secondary N) is 1. The largest absolute Gasteiger partial charge is 0.311 e. The molecule has 1 heterocycles. The van der Waals surface area contributed by atoms with Crippen LogP contribution >= 0.6 is 15.9 Å². The quantitative estimate of drug-likeness (QED) is 0.869. The lowest BCUT2D eigenvalue weighted by molar-refractivity contribution is 0.299. The zero-order valence-corrected chi connectivity index (χ0v) is 12.5. The second kappa shape index (κ2) is 6.16. The van der Waals surface area contributed by atoms with E-state index in [9.17, 15) is 4.39 Å². The summed E-state index contributed by atoms with van der Waals surface area (Å²) >= 11 is 3.31. The maximum absolute atomic E-state index is 14.0. The van der Waals surface area contributed by atoms with E-state index in [-0.39, 0.29) is 11.4 Å². The summed E-state index contributed by atoms with van der Waals surface area (Å²) < 4.78 is 14.8. The Labute approximate surface area is 117 Å². The fraction of sp³-hybridized carbons (Fsp3) is 0.600. The fourth-order valence-electron chi connectivity index (χ4n) is 2.81. The van der Waals surface area contributed by atoms with Crippen molar-refractivity contribution in [3.8, 4) is 0 Å². The first-order chi connectivity index (χ1) is 8.65. The molecule has 1 unspecified atom stereocenters. The van der Waals surface area contributed by atoms with E-state index in [0.29, 0.717) is 0 Å². The van der Waals surface area contributed by atoms with Crippen LogP contribution in [0.1, 0.15) is 44.6 Å². The van der Waals surface area contributed by atoms with Gasteiger partial charge in [0.25, 0.3) is 0 Å². The highest BCUT2D eigenvalue weighted by Gasteiger charge is 2.29. The van der Waals surface area contributed by atoms with Gasteiger partial charge in [-0.1, -0.05) is 41.8 Å². The molecule has 0 saturated carbocycles. The minimum absolute atomic E-state index is 0.0885. The Morgan fingerprint density at radius 1 is 1.33 bits per heavy atom. The van der Waals surface area contributed by atoms with Gasteiger partial charge in [0, 0.05) is 10.0 Å². The molecule has 2 rings (SSSR count). The van der Waals surface area contributed by atoms with Crippen molar-refractivity contribution in [3.05, 3.63) is 34.1 Å². The SMILES string of the molecule is CCC1(Cc2ccc(Br)cc2F)CCCCCN1. The maximum atomic E-state index is 14.0. The van der Waals surface area contributed by atoms with Gasteiger partial charge in [-0.3, -0.25) is 0 Å². The summed E-state index contributed by atoms with van der Waals surface area (Å²) in [6.45, 7) is 3.26. The molecule has 1 atom stereocenters. The predicted molar refractivity (Wildman–Crippen MR) is 77.3 cm³/mol. The molecular weight excluding hydrogens is 293 g/mol. The van der Waals surface area contributed by atoms with Gasteiger partial charge >= 0.3 is 0 Å². The van der Waals surface area contributed by atoms with E-state index < -0.39 is 0 Å². The third-order valence-electron chi connectivity index (χ3n) is 4.05. The molecule has 0 amide bonds. The molecule has 0 spiro atoms. The number of rotatable bonds is 3. The van der Waals surface area contributed by atoms with Gasteiger partial charge in [-0.15, -0.1) is 0 Å². The number of hydrogen-bond donors (Lipinski definition) is 1. The third kappa shape index (κ3) is 3.33. The lowest BCUT2D eigenvalue weighted by Gasteiger charge is -2.33. The topological polar surface area (TPSA) is 12.0 Å². The van der Waals surface area contributed by atoms with Crippen LogP contribution in [0.5, 0.6) is 0 Å². The number of benzene rings is 1.